The molecule has 0 aromatic heterocycles. The van der Waals surface area contributed by atoms with E-state index in [9.17, 15) is 20.0 Å². The summed E-state index contributed by atoms with van der Waals surface area (Å²) in [5.74, 6) is -0.426. The zero-order valence-electron chi connectivity index (χ0n) is 13.3. The average molecular weight is 336 g/mol. The number of rotatable bonds is 3. The highest BCUT2D eigenvalue weighted by Gasteiger charge is 2.38. The van der Waals surface area contributed by atoms with Crippen molar-refractivity contribution < 1.29 is 14.8 Å². The topological polar surface area (TPSA) is 92.5 Å². The number of non-ortho nitro benzene ring substituents is 1. The zero-order chi connectivity index (χ0) is 17.6. The van der Waals surface area contributed by atoms with Crippen LogP contribution >= 0.6 is 0 Å². The molecule has 0 spiro atoms. The number of allylic oxidation sites excluding steroid dienone is 2. The molecule has 0 saturated carbocycles. The summed E-state index contributed by atoms with van der Waals surface area (Å²) in [5, 5.41) is 23.5. The lowest BCUT2D eigenvalue weighted by atomic mass is 9.77. The van der Waals surface area contributed by atoms with Crippen LogP contribution in [0.25, 0.3) is 0 Å². The van der Waals surface area contributed by atoms with Gasteiger partial charge in [0, 0.05) is 23.7 Å². The normalized spacial score (nSPS) is 23.4. The minimum atomic E-state index is -0.958. The zero-order valence-corrected chi connectivity index (χ0v) is 13.3. The summed E-state index contributed by atoms with van der Waals surface area (Å²) in [6, 6.07) is 11.7. The number of nitrogens with one attached hydrogen (secondary N) is 1. The maximum atomic E-state index is 11.3. The Kier molecular flexibility index (Phi) is 3.53. The molecule has 0 saturated heterocycles. The van der Waals surface area contributed by atoms with Gasteiger partial charge in [-0.25, -0.2) is 4.79 Å². The molecule has 6 nitrogen and oxygen atoms in total. The van der Waals surface area contributed by atoms with Gasteiger partial charge in [0.25, 0.3) is 5.69 Å². The summed E-state index contributed by atoms with van der Waals surface area (Å²) in [5.41, 5.74) is 3.19. The predicted molar refractivity (Wildman–Crippen MR) is 92.8 cm³/mol. The molecule has 0 unspecified atom stereocenters. The van der Waals surface area contributed by atoms with Gasteiger partial charge in [0.1, 0.15) is 0 Å². The van der Waals surface area contributed by atoms with E-state index < -0.39 is 10.9 Å². The Morgan fingerprint density at radius 3 is 2.64 bits per heavy atom. The highest BCUT2D eigenvalue weighted by molar-refractivity contribution is 5.89. The van der Waals surface area contributed by atoms with Crippen molar-refractivity contribution in [3.05, 3.63) is 81.4 Å². The number of benzene rings is 2. The number of carboxylic acids is 1. The summed E-state index contributed by atoms with van der Waals surface area (Å²) in [7, 11) is 0. The van der Waals surface area contributed by atoms with Gasteiger partial charge < -0.3 is 10.4 Å². The van der Waals surface area contributed by atoms with E-state index in [4.69, 9.17) is 0 Å². The van der Waals surface area contributed by atoms with Crippen LogP contribution in [0.3, 0.4) is 0 Å². The molecular formula is C19H16N2O4. The van der Waals surface area contributed by atoms with Crippen molar-refractivity contribution in [1.82, 2.24) is 0 Å². The first kappa shape index (κ1) is 15.4. The van der Waals surface area contributed by atoms with Crippen molar-refractivity contribution in [1.29, 1.82) is 0 Å². The van der Waals surface area contributed by atoms with Gasteiger partial charge in [-0.3, -0.25) is 10.1 Å². The minimum absolute atomic E-state index is 0.0163. The van der Waals surface area contributed by atoms with Crippen LogP contribution in [-0.4, -0.2) is 16.0 Å². The molecule has 2 aromatic carbocycles. The molecule has 0 fully saturated rings. The van der Waals surface area contributed by atoms with E-state index in [1.165, 1.54) is 12.1 Å². The van der Waals surface area contributed by atoms with Crippen LogP contribution in [0.5, 0.6) is 0 Å². The van der Waals surface area contributed by atoms with Gasteiger partial charge in [-0.05, 0) is 35.6 Å². The SMILES string of the molecule is O=C(O)c1ccc2c(c1)N[C@H](c1ccc([N+](=O)[O-])cc1)[C@@H]1CC=C[C@@H]21. The molecular weight excluding hydrogens is 320 g/mol. The van der Waals surface area contributed by atoms with E-state index >= 15 is 0 Å². The number of carboxylic acid groups (broad SMARTS) is 1. The highest BCUT2D eigenvalue weighted by atomic mass is 16.6. The number of nitro groups is 1. The van der Waals surface area contributed by atoms with Crippen LogP contribution in [0.15, 0.2) is 54.6 Å². The lowest BCUT2D eigenvalue weighted by molar-refractivity contribution is -0.384. The van der Waals surface area contributed by atoms with Crippen LogP contribution in [0.1, 0.15) is 39.9 Å². The Bertz CT molecular complexity index is 889. The second kappa shape index (κ2) is 5.73. The summed E-state index contributed by atoms with van der Waals surface area (Å²) >= 11 is 0. The van der Waals surface area contributed by atoms with E-state index in [0.717, 1.165) is 23.2 Å². The standard InChI is InChI=1S/C19H16N2O4/c22-19(23)12-6-9-15-14-2-1-3-16(14)18(20-17(15)10-12)11-4-7-13(8-5-11)21(24)25/h1-2,4-10,14,16,18,20H,3H2,(H,22,23)/t14-,16+,18+/m0/s1. The van der Waals surface area contributed by atoms with Gasteiger partial charge in [-0.1, -0.05) is 30.4 Å². The fourth-order valence-corrected chi connectivity index (χ4v) is 3.86. The summed E-state index contributed by atoms with van der Waals surface area (Å²) < 4.78 is 0. The van der Waals surface area contributed by atoms with Crippen molar-refractivity contribution >= 4 is 17.3 Å². The van der Waals surface area contributed by atoms with Gasteiger partial charge in [-0.2, -0.15) is 0 Å². The number of carbonyl (C=O) groups is 1. The van der Waals surface area contributed by atoms with Gasteiger partial charge >= 0.3 is 5.97 Å². The second-order valence-electron chi connectivity index (χ2n) is 6.43. The van der Waals surface area contributed by atoms with Gasteiger partial charge in [0.05, 0.1) is 16.5 Å². The monoisotopic (exact) mass is 336 g/mol. The summed E-state index contributed by atoms with van der Waals surface area (Å²) in [6.07, 6.45) is 5.23. The Morgan fingerprint density at radius 2 is 1.96 bits per heavy atom. The van der Waals surface area contributed by atoms with Crippen LogP contribution < -0.4 is 5.32 Å². The van der Waals surface area contributed by atoms with Crippen LogP contribution in [-0.2, 0) is 0 Å². The molecule has 126 valence electrons. The number of fused-ring (bicyclic) bond motifs is 3. The maximum Gasteiger partial charge on any atom is 0.335 e. The van der Waals surface area contributed by atoms with Gasteiger partial charge in [-0.15, -0.1) is 0 Å². The van der Waals surface area contributed by atoms with Gasteiger partial charge in [0.15, 0.2) is 0 Å². The first-order chi connectivity index (χ1) is 12.0. The van der Waals surface area contributed by atoms with Crippen molar-refractivity contribution in [3.63, 3.8) is 0 Å². The number of hydrogen-bond acceptors (Lipinski definition) is 4. The van der Waals surface area contributed by atoms with Crippen LogP contribution in [0.2, 0.25) is 0 Å². The Balaban J connectivity index is 1.74. The summed E-state index contributed by atoms with van der Waals surface area (Å²) in [4.78, 5) is 21.7. The van der Waals surface area contributed by atoms with Crippen molar-refractivity contribution in [3.8, 4) is 0 Å². The molecule has 0 amide bonds. The number of nitro benzene ring substituents is 1. The molecule has 1 heterocycles. The van der Waals surface area contributed by atoms with Crippen molar-refractivity contribution in [2.75, 3.05) is 5.32 Å². The Hall–Kier alpha value is -3.15. The second-order valence-corrected chi connectivity index (χ2v) is 6.43. The Morgan fingerprint density at radius 1 is 1.20 bits per heavy atom. The van der Waals surface area contributed by atoms with Crippen molar-refractivity contribution in [2.24, 2.45) is 5.92 Å². The maximum absolute atomic E-state index is 11.3. The number of nitrogens with zero attached hydrogens (tertiary/aromatic N) is 1. The predicted octanol–water partition coefficient (Wildman–Crippen LogP) is 4.12. The largest absolute Gasteiger partial charge is 0.478 e. The van der Waals surface area contributed by atoms with E-state index in [1.807, 2.05) is 6.07 Å². The lowest BCUT2D eigenvalue weighted by Gasteiger charge is -2.37. The molecule has 0 bridgehead atoms. The van der Waals surface area contributed by atoms with E-state index in [-0.39, 0.29) is 23.2 Å². The van der Waals surface area contributed by atoms with E-state index in [0.29, 0.717) is 5.92 Å². The smallest absolute Gasteiger partial charge is 0.335 e. The Labute approximate surface area is 144 Å². The molecule has 25 heavy (non-hydrogen) atoms. The first-order valence-corrected chi connectivity index (χ1v) is 8.09. The minimum Gasteiger partial charge on any atom is -0.478 e. The van der Waals surface area contributed by atoms with E-state index in [1.54, 1.807) is 24.3 Å². The molecule has 3 atom stereocenters. The fourth-order valence-electron chi connectivity index (χ4n) is 3.86. The first-order valence-electron chi connectivity index (χ1n) is 8.09. The molecule has 1 aliphatic heterocycles. The third-order valence-corrected chi connectivity index (χ3v) is 5.07. The van der Waals surface area contributed by atoms with Crippen LogP contribution in [0.4, 0.5) is 11.4 Å². The third-order valence-electron chi connectivity index (χ3n) is 5.07. The number of hydrogen-bond donors (Lipinski definition) is 2. The molecule has 2 aliphatic rings. The lowest BCUT2D eigenvalue weighted by Crippen LogP contribution is -2.29. The number of anilines is 1. The molecule has 2 N–H and O–H groups in total. The highest BCUT2D eigenvalue weighted by Crippen LogP contribution is 2.49. The third kappa shape index (κ3) is 2.55. The molecule has 0 radical (unpaired) electrons. The quantitative estimate of drug-likeness (QED) is 0.500. The molecule has 2 aromatic rings. The average Bonchev–Trinajstić information content (AvgIpc) is 3.10. The van der Waals surface area contributed by atoms with Crippen molar-refractivity contribution in [2.45, 2.75) is 18.4 Å². The van der Waals surface area contributed by atoms with E-state index in [2.05, 4.69) is 17.5 Å². The fraction of sp³-hybridized carbons (Fsp3) is 0.211. The molecule has 6 heteroatoms. The molecule has 4 rings (SSSR count). The van der Waals surface area contributed by atoms with Gasteiger partial charge in [0.2, 0.25) is 0 Å². The molecule has 1 aliphatic carbocycles. The summed E-state index contributed by atoms with van der Waals surface area (Å²) in [6.45, 7) is 0. The number of aromatic carboxylic acids is 1. The van der Waals surface area contributed by atoms with Crippen LogP contribution in [0, 0.1) is 16.0 Å².